The van der Waals surface area contributed by atoms with Crippen molar-refractivity contribution in [1.82, 2.24) is 15.2 Å². The SMILES string of the molecule is Cc1ccc(NC(=O)c2n[nH]c3ccccc23)c(C)n1. The monoisotopic (exact) mass is 266 g/mol. The Morgan fingerprint density at radius 3 is 2.75 bits per heavy atom. The van der Waals surface area contributed by atoms with Gasteiger partial charge in [0.25, 0.3) is 5.91 Å². The van der Waals surface area contributed by atoms with Crippen molar-refractivity contribution in [2.45, 2.75) is 13.8 Å². The third-order valence-corrected chi connectivity index (χ3v) is 3.16. The van der Waals surface area contributed by atoms with Crippen molar-refractivity contribution in [3.63, 3.8) is 0 Å². The first-order valence-corrected chi connectivity index (χ1v) is 6.34. The van der Waals surface area contributed by atoms with Crippen molar-refractivity contribution in [1.29, 1.82) is 0 Å². The molecule has 0 aliphatic carbocycles. The van der Waals surface area contributed by atoms with E-state index in [0.29, 0.717) is 11.4 Å². The van der Waals surface area contributed by atoms with E-state index in [0.717, 1.165) is 22.3 Å². The molecule has 20 heavy (non-hydrogen) atoms. The number of hydrogen-bond donors (Lipinski definition) is 2. The number of aryl methyl sites for hydroxylation is 2. The van der Waals surface area contributed by atoms with Crippen molar-refractivity contribution in [2.75, 3.05) is 5.32 Å². The number of aromatic amines is 1. The molecule has 3 aromatic rings. The van der Waals surface area contributed by atoms with E-state index in [-0.39, 0.29) is 5.91 Å². The molecule has 0 spiro atoms. The molecule has 3 rings (SSSR count). The normalized spacial score (nSPS) is 10.7. The molecule has 0 saturated heterocycles. The summed E-state index contributed by atoms with van der Waals surface area (Å²) in [6.45, 7) is 3.78. The Balaban J connectivity index is 1.93. The summed E-state index contributed by atoms with van der Waals surface area (Å²) in [5, 5.41) is 10.6. The number of aromatic nitrogens is 3. The number of hydrogen-bond acceptors (Lipinski definition) is 3. The quantitative estimate of drug-likeness (QED) is 0.749. The number of fused-ring (bicyclic) bond motifs is 1. The Hall–Kier alpha value is -2.69. The van der Waals surface area contributed by atoms with Gasteiger partial charge >= 0.3 is 0 Å². The highest BCUT2D eigenvalue weighted by atomic mass is 16.1. The number of H-pyrrole nitrogens is 1. The van der Waals surface area contributed by atoms with Gasteiger partial charge in [-0.15, -0.1) is 0 Å². The number of pyridine rings is 1. The molecule has 0 atom stereocenters. The maximum atomic E-state index is 12.3. The standard InChI is InChI=1S/C15H14N4O/c1-9-7-8-12(10(2)16-9)17-15(20)14-11-5-3-4-6-13(11)18-19-14/h3-8H,1-2H3,(H,17,20)(H,18,19). The smallest absolute Gasteiger partial charge is 0.276 e. The number of amides is 1. The molecule has 0 unspecified atom stereocenters. The Labute approximate surface area is 116 Å². The van der Waals surface area contributed by atoms with E-state index in [9.17, 15) is 4.79 Å². The predicted molar refractivity (Wildman–Crippen MR) is 77.8 cm³/mol. The zero-order valence-corrected chi connectivity index (χ0v) is 11.3. The predicted octanol–water partition coefficient (Wildman–Crippen LogP) is 2.83. The summed E-state index contributed by atoms with van der Waals surface area (Å²) in [4.78, 5) is 16.6. The Bertz CT molecular complexity index is 791. The van der Waals surface area contributed by atoms with Gasteiger partial charge in [0.15, 0.2) is 5.69 Å². The molecule has 0 radical (unpaired) electrons. The lowest BCUT2D eigenvalue weighted by molar-refractivity contribution is 0.102. The van der Waals surface area contributed by atoms with Crippen LogP contribution in [0, 0.1) is 13.8 Å². The van der Waals surface area contributed by atoms with Gasteiger partial charge in [0.05, 0.1) is 16.9 Å². The van der Waals surface area contributed by atoms with Gasteiger partial charge in [-0.3, -0.25) is 14.9 Å². The number of anilines is 1. The summed E-state index contributed by atoms with van der Waals surface area (Å²) in [6.07, 6.45) is 0. The van der Waals surface area contributed by atoms with Crippen LogP contribution in [-0.4, -0.2) is 21.1 Å². The van der Waals surface area contributed by atoms with Crippen LogP contribution in [0.25, 0.3) is 10.9 Å². The zero-order chi connectivity index (χ0) is 14.1. The van der Waals surface area contributed by atoms with Crippen LogP contribution in [0.5, 0.6) is 0 Å². The number of rotatable bonds is 2. The first-order chi connectivity index (χ1) is 9.65. The second kappa shape index (κ2) is 4.77. The second-order valence-electron chi connectivity index (χ2n) is 4.66. The van der Waals surface area contributed by atoms with E-state index in [1.165, 1.54) is 0 Å². The number of nitrogens with one attached hydrogen (secondary N) is 2. The van der Waals surface area contributed by atoms with Crippen LogP contribution in [0.4, 0.5) is 5.69 Å². The summed E-state index contributed by atoms with van der Waals surface area (Å²) in [5.41, 5.74) is 3.65. The summed E-state index contributed by atoms with van der Waals surface area (Å²) in [7, 11) is 0. The Kier molecular flexibility index (Phi) is 2.95. The van der Waals surface area contributed by atoms with Crippen molar-refractivity contribution in [3.05, 3.63) is 53.5 Å². The van der Waals surface area contributed by atoms with Gasteiger partial charge < -0.3 is 5.32 Å². The fraction of sp³-hybridized carbons (Fsp3) is 0.133. The molecule has 2 aromatic heterocycles. The fourth-order valence-electron chi connectivity index (χ4n) is 2.14. The molecule has 5 nitrogen and oxygen atoms in total. The third-order valence-electron chi connectivity index (χ3n) is 3.16. The van der Waals surface area contributed by atoms with E-state index in [1.807, 2.05) is 50.2 Å². The molecule has 0 fully saturated rings. The van der Waals surface area contributed by atoms with Crippen LogP contribution in [0.15, 0.2) is 36.4 Å². The van der Waals surface area contributed by atoms with E-state index in [4.69, 9.17) is 0 Å². The van der Waals surface area contributed by atoms with E-state index >= 15 is 0 Å². The molecule has 1 aromatic carbocycles. The average molecular weight is 266 g/mol. The molecule has 0 aliphatic heterocycles. The van der Waals surface area contributed by atoms with E-state index in [1.54, 1.807) is 0 Å². The molecule has 1 amide bonds. The Morgan fingerprint density at radius 2 is 1.95 bits per heavy atom. The molecule has 0 aliphatic rings. The summed E-state index contributed by atoms with van der Waals surface area (Å²) < 4.78 is 0. The van der Waals surface area contributed by atoms with Crippen molar-refractivity contribution < 1.29 is 4.79 Å². The van der Waals surface area contributed by atoms with Crippen LogP contribution in [-0.2, 0) is 0 Å². The minimum Gasteiger partial charge on any atom is -0.319 e. The summed E-state index contributed by atoms with van der Waals surface area (Å²) >= 11 is 0. The lowest BCUT2D eigenvalue weighted by Gasteiger charge is -2.07. The van der Waals surface area contributed by atoms with Crippen molar-refractivity contribution in [3.8, 4) is 0 Å². The molecule has 100 valence electrons. The minimum absolute atomic E-state index is 0.240. The lowest BCUT2D eigenvalue weighted by Crippen LogP contribution is -2.14. The van der Waals surface area contributed by atoms with Gasteiger partial charge in [0.1, 0.15) is 0 Å². The van der Waals surface area contributed by atoms with Crippen molar-refractivity contribution in [2.24, 2.45) is 0 Å². The first kappa shape index (κ1) is 12.3. The minimum atomic E-state index is -0.240. The van der Waals surface area contributed by atoms with Crippen LogP contribution >= 0.6 is 0 Å². The maximum Gasteiger partial charge on any atom is 0.276 e. The third kappa shape index (κ3) is 2.14. The maximum absolute atomic E-state index is 12.3. The number of nitrogens with zero attached hydrogens (tertiary/aromatic N) is 2. The highest BCUT2D eigenvalue weighted by Crippen LogP contribution is 2.18. The van der Waals surface area contributed by atoms with Crippen LogP contribution in [0.2, 0.25) is 0 Å². The highest BCUT2D eigenvalue weighted by Gasteiger charge is 2.14. The van der Waals surface area contributed by atoms with Crippen molar-refractivity contribution >= 4 is 22.5 Å². The number of carbonyl (C=O) groups excluding carboxylic acids is 1. The lowest BCUT2D eigenvalue weighted by atomic mass is 10.2. The van der Waals surface area contributed by atoms with Crippen LogP contribution < -0.4 is 5.32 Å². The van der Waals surface area contributed by atoms with Crippen LogP contribution in [0.3, 0.4) is 0 Å². The molecule has 0 bridgehead atoms. The van der Waals surface area contributed by atoms with Gasteiger partial charge in [0, 0.05) is 11.1 Å². The average Bonchev–Trinajstić information content (AvgIpc) is 2.86. The van der Waals surface area contributed by atoms with Crippen LogP contribution in [0.1, 0.15) is 21.9 Å². The van der Waals surface area contributed by atoms with Gasteiger partial charge in [-0.1, -0.05) is 18.2 Å². The highest BCUT2D eigenvalue weighted by molar-refractivity contribution is 6.11. The Morgan fingerprint density at radius 1 is 1.15 bits per heavy atom. The number of carbonyl (C=O) groups is 1. The molecular formula is C15H14N4O. The number of benzene rings is 1. The molecule has 5 heteroatoms. The molecule has 2 N–H and O–H groups in total. The number of para-hydroxylation sites is 1. The molecule has 2 heterocycles. The van der Waals surface area contributed by atoms with Gasteiger partial charge in [-0.2, -0.15) is 5.10 Å². The van der Waals surface area contributed by atoms with Gasteiger partial charge in [0.2, 0.25) is 0 Å². The molecular weight excluding hydrogens is 252 g/mol. The van der Waals surface area contributed by atoms with Gasteiger partial charge in [-0.25, -0.2) is 0 Å². The topological polar surface area (TPSA) is 70.7 Å². The van der Waals surface area contributed by atoms with Gasteiger partial charge in [-0.05, 0) is 32.0 Å². The zero-order valence-electron chi connectivity index (χ0n) is 11.3. The second-order valence-corrected chi connectivity index (χ2v) is 4.66. The summed E-state index contributed by atoms with van der Waals surface area (Å²) in [5.74, 6) is -0.240. The van der Waals surface area contributed by atoms with E-state index in [2.05, 4.69) is 20.5 Å². The largest absolute Gasteiger partial charge is 0.319 e. The molecule has 0 saturated carbocycles. The summed E-state index contributed by atoms with van der Waals surface area (Å²) in [6, 6.07) is 11.3. The van der Waals surface area contributed by atoms with E-state index < -0.39 is 0 Å². The first-order valence-electron chi connectivity index (χ1n) is 6.34. The fourth-order valence-corrected chi connectivity index (χ4v) is 2.14.